The Hall–Kier alpha value is -1.43. The number of benzene rings is 1. The number of nitrogens with zero attached hydrogens (tertiary/aromatic N) is 1. The van der Waals surface area contributed by atoms with E-state index in [1.165, 1.54) is 19.3 Å². The van der Waals surface area contributed by atoms with Crippen molar-refractivity contribution in [2.24, 2.45) is 5.92 Å². The molecular weight excluding hydrogens is 326 g/mol. The third-order valence-corrected chi connectivity index (χ3v) is 4.94. The van der Waals surface area contributed by atoms with Gasteiger partial charge in [-0.1, -0.05) is 24.3 Å². The molecule has 0 unspecified atom stereocenters. The lowest BCUT2D eigenvalue weighted by atomic mass is 9.93. The van der Waals surface area contributed by atoms with Crippen LogP contribution in [0.15, 0.2) is 24.3 Å². The third kappa shape index (κ3) is 7.85. The van der Waals surface area contributed by atoms with Gasteiger partial charge >= 0.3 is 0 Å². The number of carbonyl (C=O) groups excluding carboxylic acids is 1. The molecule has 0 spiro atoms. The van der Waals surface area contributed by atoms with Crippen LogP contribution in [0.2, 0.25) is 0 Å². The molecule has 1 aliphatic heterocycles. The maximum absolute atomic E-state index is 12.3. The van der Waals surface area contributed by atoms with Crippen LogP contribution < -0.4 is 10.6 Å². The lowest BCUT2D eigenvalue weighted by Gasteiger charge is -2.31. The van der Waals surface area contributed by atoms with Crippen molar-refractivity contribution in [2.75, 3.05) is 33.2 Å². The Balaban J connectivity index is 1.68. The molecule has 2 N–H and O–H groups in total. The topological polar surface area (TPSA) is 53.6 Å². The molecule has 2 rings (SSSR count). The van der Waals surface area contributed by atoms with Crippen LogP contribution in [-0.4, -0.2) is 50.1 Å². The second-order valence-corrected chi connectivity index (χ2v) is 7.57. The van der Waals surface area contributed by atoms with Crippen molar-refractivity contribution in [1.82, 2.24) is 15.5 Å². The van der Waals surface area contributed by atoms with Crippen LogP contribution >= 0.6 is 0 Å². The van der Waals surface area contributed by atoms with Crippen molar-refractivity contribution in [3.05, 3.63) is 35.4 Å². The first-order valence-electron chi connectivity index (χ1n) is 9.90. The van der Waals surface area contributed by atoms with Gasteiger partial charge in [0.25, 0.3) is 0 Å². The van der Waals surface area contributed by atoms with Crippen LogP contribution in [-0.2, 0) is 22.7 Å². The maximum atomic E-state index is 12.3. The number of nitrogens with one attached hydrogen (secondary N) is 2. The monoisotopic (exact) mass is 361 g/mol. The van der Waals surface area contributed by atoms with Gasteiger partial charge in [0.05, 0.1) is 19.3 Å². The molecule has 5 nitrogen and oxygen atoms in total. The van der Waals surface area contributed by atoms with Gasteiger partial charge in [-0.05, 0) is 76.8 Å². The smallest absolute Gasteiger partial charge is 0.234 e. The van der Waals surface area contributed by atoms with E-state index in [1.54, 1.807) is 0 Å². The predicted molar refractivity (Wildman–Crippen MR) is 106 cm³/mol. The highest BCUT2D eigenvalue weighted by molar-refractivity contribution is 5.78. The Morgan fingerprint density at radius 1 is 1.27 bits per heavy atom. The van der Waals surface area contributed by atoms with Gasteiger partial charge < -0.3 is 15.4 Å². The zero-order valence-corrected chi connectivity index (χ0v) is 16.6. The van der Waals surface area contributed by atoms with Crippen LogP contribution in [0.1, 0.15) is 44.2 Å². The predicted octanol–water partition coefficient (Wildman–Crippen LogP) is 2.55. The standard InChI is InChI=1S/C21H35N3O2/c1-17(2)26-16-20-6-4-5-19(13-20)14-23-21(25)15-24-11-8-18(9-12-24)7-10-22-3/h4-6,13,17-18,22H,7-12,14-16H2,1-3H3,(H,23,25). The van der Waals surface area contributed by atoms with E-state index in [-0.39, 0.29) is 12.0 Å². The van der Waals surface area contributed by atoms with Gasteiger partial charge in [-0.2, -0.15) is 0 Å². The van der Waals surface area contributed by atoms with Gasteiger partial charge in [0.15, 0.2) is 0 Å². The molecule has 0 bridgehead atoms. The second-order valence-electron chi connectivity index (χ2n) is 7.57. The Morgan fingerprint density at radius 2 is 2.00 bits per heavy atom. The van der Waals surface area contributed by atoms with Crippen LogP contribution in [0.3, 0.4) is 0 Å². The Bertz CT molecular complexity index is 540. The molecule has 0 atom stereocenters. The summed E-state index contributed by atoms with van der Waals surface area (Å²) < 4.78 is 5.64. The van der Waals surface area contributed by atoms with Gasteiger partial charge in [-0.3, -0.25) is 9.69 Å². The molecule has 1 aliphatic rings. The minimum Gasteiger partial charge on any atom is -0.374 e. The van der Waals surface area contributed by atoms with Crippen molar-refractivity contribution in [2.45, 2.75) is 52.4 Å². The summed E-state index contributed by atoms with van der Waals surface area (Å²) in [6, 6.07) is 8.24. The summed E-state index contributed by atoms with van der Waals surface area (Å²) in [4.78, 5) is 14.5. The SMILES string of the molecule is CNCCC1CCN(CC(=O)NCc2cccc(COC(C)C)c2)CC1. The highest BCUT2D eigenvalue weighted by atomic mass is 16.5. The van der Waals surface area contributed by atoms with E-state index in [2.05, 4.69) is 27.7 Å². The third-order valence-electron chi connectivity index (χ3n) is 4.94. The lowest BCUT2D eigenvalue weighted by Crippen LogP contribution is -2.41. The van der Waals surface area contributed by atoms with E-state index >= 15 is 0 Å². The minimum atomic E-state index is 0.113. The Labute approximate surface area is 158 Å². The van der Waals surface area contributed by atoms with E-state index in [9.17, 15) is 4.79 Å². The minimum absolute atomic E-state index is 0.113. The first-order valence-corrected chi connectivity index (χ1v) is 9.90. The molecule has 0 aliphatic carbocycles. The molecule has 1 amide bonds. The average Bonchev–Trinajstić information content (AvgIpc) is 2.64. The van der Waals surface area contributed by atoms with Gasteiger partial charge in [-0.25, -0.2) is 0 Å². The maximum Gasteiger partial charge on any atom is 0.234 e. The van der Waals surface area contributed by atoms with Crippen LogP contribution in [0, 0.1) is 5.92 Å². The molecule has 0 aromatic heterocycles. The molecule has 1 aromatic rings. The largest absolute Gasteiger partial charge is 0.374 e. The number of ether oxygens (including phenoxy) is 1. The van der Waals surface area contributed by atoms with Crippen molar-refractivity contribution < 1.29 is 9.53 Å². The molecule has 1 fully saturated rings. The summed E-state index contributed by atoms with van der Waals surface area (Å²) in [5, 5.41) is 6.27. The van der Waals surface area contributed by atoms with E-state index in [0.717, 1.165) is 36.7 Å². The lowest BCUT2D eigenvalue weighted by molar-refractivity contribution is -0.122. The fourth-order valence-corrected chi connectivity index (χ4v) is 3.33. The van der Waals surface area contributed by atoms with Crippen molar-refractivity contribution in [3.63, 3.8) is 0 Å². The summed E-state index contributed by atoms with van der Waals surface area (Å²) in [5.41, 5.74) is 2.27. The highest BCUT2D eigenvalue weighted by Crippen LogP contribution is 2.19. The number of rotatable bonds is 10. The van der Waals surface area contributed by atoms with E-state index in [0.29, 0.717) is 19.7 Å². The summed E-state index contributed by atoms with van der Waals surface area (Å²) in [6.45, 7) is 8.92. The number of hydrogen-bond donors (Lipinski definition) is 2. The van der Waals surface area contributed by atoms with E-state index in [1.807, 2.05) is 33.0 Å². The first-order chi connectivity index (χ1) is 12.6. The van der Waals surface area contributed by atoms with Crippen molar-refractivity contribution >= 4 is 5.91 Å². The van der Waals surface area contributed by atoms with Crippen molar-refractivity contribution in [1.29, 1.82) is 0 Å². The normalized spacial score (nSPS) is 16.2. The highest BCUT2D eigenvalue weighted by Gasteiger charge is 2.20. The fourth-order valence-electron chi connectivity index (χ4n) is 3.33. The van der Waals surface area contributed by atoms with Crippen molar-refractivity contribution in [3.8, 4) is 0 Å². The number of carbonyl (C=O) groups is 1. The number of amides is 1. The zero-order valence-electron chi connectivity index (χ0n) is 16.6. The summed E-state index contributed by atoms with van der Waals surface area (Å²) >= 11 is 0. The first kappa shape index (κ1) is 20.9. The van der Waals surface area contributed by atoms with Gasteiger partial charge in [-0.15, -0.1) is 0 Å². The fraction of sp³-hybridized carbons (Fsp3) is 0.667. The van der Waals surface area contributed by atoms with Crippen LogP contribution in [0.25, 0.3) is 0 Å². The molecule has 1 aromatic carbocycles. The quantitative estimate of drug-likeness (QED) is 0.672. The molecular formula is C21H35N3O2. The van der Waals surface area contributed by atoms with Gasteiger partial charge in [0.2, 0.25) is 5.91 Å². The molecule has 0 radical (unpaired) electrons. The van der Waals surface area contributed by atoms with Gasteiger partial charge in [0, 0.05) is 6.54 Å². The average molecular weight is 362 g/mol. The second kappa shape index (κ2) is 11.3. The zero-order chi connectivity index (χ0) is 18.8. The number of hydrogen-bond acceptors (Lipinski definition) is 4. The molecule has 1 saturated heterocycles. The summed E-state index contributed by atoms with van der Waals surface area (Å²) in [6.07, 6.45) is 3.87. The van der Waals surface area contributed by atoms with E-state index < -0.39 is 0 Å². The molecule has 146 valence electrons. The molecule has 26 heavy (non-hydrogen) atoms. The summed E-state index contributed by atoms with van der Waals surface area (Å²) in [7, 11) is 2.01. The van der Waals surface area contributed by atoms with E-state index in [4.69, 9.17) is 4.74 Å². The number of piperidine rings is 1. The molecule has 1 heterocycles. The molecule has 5 heteroatoms. The number of likely N-dealkylation sites (tertiary alicyclic amines) is 1. The van der Waals surface area contributed by atoms with Crippen LogP contribution in [0.5, 0.6) is 0 Å². The summed E-state index contributed by atoms with van der Waals surface area (Å²) in [5.74, 6) is 0.917. The molecule has 0 saturated carbocycles. The van der Waals surface area contributed by atoms with Crippen LogP contribution in [0.4, 0.5) is 0 Å². The Kier molecular flexibility index (Phi) is 9.09. The Morgan fingerprint density at radius 3 is 2.69 bits per heavy atom. The van der Waals surface area contributed by atoms with Gasteiger partial charge in [0.1, 0.15) is 0 Å².